The number of para-hydroxylation sites is 1. The molecule has 37 heavy (non-hydrogen) atoms. The minimum absolute atomic E-state index is 0.0300. The van der Waals surface area contributed by atoms with Crippen LogP contribution in [-0.4, -0.2) is 45.9 Å². The van der Waals surface area contributed by atoms with Crippen LogP contribution >= 0.6 is 0 Å². The van der Waals surface area contributed by atoms with Crippen LogP contribution in [0.3, 0.4) is 0 Å². The van der Waals surface area contributed by atoms with Gasteiger partial charge in [0.15, 0.2) is 4.90 Å². The molecule has 0 aromatic heterocycles. The Kier molecular flexibility index (Phi) is 8.30. The predicted octanol–water partition coefficient (Wildman–Crippen LogP) is 3.40. The van der Waals surface area contributed by atoms with Gasteiger partial charge in [-0.05, 0) is 42.5 Å². The van der Waals surface area contributed by atoms with E-state index in [0.717, 1.165) is 16.4 Å². The highest BCUT2D eigenvalue weighted by molar-refractivity contribution is 7.93. The summed E-state index contributed by atoms with van der Waals surface area (Å²) >= 11 is 0. The molecule has 13 heteroatoms. The summed E-state index contributed by atoms with van der Waals surface area (Å²) in [5.41, 5.74) is 0.171. The third-order valence-electron chi connectivity index (χ3n) is 5.06. The summed E-state index contributed by atoms with van der Waals surface area (Å²) < 4.78 is 38.7. The summed E-state index contributed by atoms with van der Waals surface area (Å²) in [6, 6.07) is 15.3. The third kappa shape index (κ3) is 6.32. The third-order valence-corrected chi connectivity index (χ3v) is 6.87. The molecule has 3 aromatic rings. The maximum Gasteiger partial charge on any atom is 0.289 e. The number of hydrogen-bond acceptors (Lipinski definition) is 8. The van der Waals surface area contributed by atoms with Crippen LogP contribution in [-0.2, 0) is 19.6 Å². The number of amides is 2. The second kappa shape index (κ2) is 11.4. The molecule has 2 N–H and O–H groups in total. The van der Waals surface area contributed by atoms with Crippen molar-refractivity contribution in [3.63, 3.8) is 0 Å². The smallest absolute Gasteiger partial charge is 0.289 e. The van der Waals surface area contributed by atoms with Crippen molar-refractivity contribution >= 4 is 44.6 Å². The molecular weight excluding hydrogens is 504 g/mol. The van der Waals surface area contributed by atoms with Gasteiger partial charge in [-0.25, -0.2) is 8.42 Å². The minimum Gasteiger partial charge on any atom is -0.497 e. The van der Waals surface area contributed by atoms with Crippen LogP contribution in [0.25, 0.3) is 0 Å². The molecule has 3 aromatic carbocycles. The van der Waals surface area contributed by atoms with E-state index in [1.54, 1.807) is 12.1 Å². The summed E-state index contributed by atoms with van der Waals surface area (Å²) in [5.74, 6) is -0.560. The fourth-order valence-electron chi connectivity index (χ4n) is 3.41. The lowest BCUT2D eigenvalue weighted by Gasteiger charge is -2.25. The molecule has 0 unspecified atom stereocenters. The molecule has 0 heterocycles. The molecule has 0 radical (unpaired) electrons. The van der Waals surface area contributed by atoms with Crippen LogP contribution in [0.15, 0.2) is 71.6 Å². The normalized spacial score (nSPS) is 10.8. The van der Waals surface area contributed by atoms with E-state index in [4.69, 9.17) is 9.47 Å². The summed E-state index contributed by atoms with van der Waals surface area (Å²) in [6.45, 7) is 0.625. The Hall–Kier alpha value is -4.65. The molecule has 0 saturated carbocycles. The molecule has 3 rings (SSSR count). The van der Waals surface area contributed by atoms with Gasteiger partial charge in [0, 0.05) is 30.4 Å². The number of anilines is 3. The van der Waals surface area contributed by atoms with Crippen LogP contribution in [0.1, 0.15) is 6.92 Å². The first-order valence-corrected chi connectivity index (χ1v) is 12.2. The number of nitro groups is 1. The van der Waals surface area contributed by atoms with Crippen LogP contribution in [0.2, 0.25) is 0 Å². The molecule has 0 aliphatic heterocycles. The second-order valence-corrected chi connectivity index (χ2v) is 9.41. The highest BCUT2D eigenvalue weighted by Crippen LogP contribution is 2.37. The molecule has 12 nitrogen and oxygen atoms in total. The average molecular weight is 529 g/mol. The number of benzene rings is 3. The maximum atomic E-state index is 13.7. The van der Waals surface area contributed by atoms with Gasteiger partial charge in [-0.15, -0.1) is 0 Å². The van der Waals surface area contributed by atoms with E-state index in [2.05, 4.69) is 10.6 Å². The van der Waals surface area contributed by atoms with E-state index >= 15 is 0 Å². The zero-order chi connectivity index (χ0) is 27.2. The molecule has 2 amide bonds. The largest absolute Gasteiger partial charge is 0.497 e. The number of hydrogen-bond donors (Lipinski definition) is 2. The van der Waals surface area contributed by atoms with Gasteiger partial charge >= 0.3 is 0 Å². The molecule has 0 bridgehead atoms. The Balaban J connectivity index is 2.02. The Morgan fingerprint density at radius 3 is 2.14 bits per heavy atom. The molecule has 194 valence electrons. The van der Waals surface area contributed by atoms with Crippen molar-refractivity contribution in [3.8, 4) is 11.5 Å². The van der Waals surface area contributed by atoms with Crippen LogP contribution < -0.4 is 24.4 Å². The number of nitrogens with zero attached hydrogens (tertiary/aromatic N) is 2. The number of ether oxygens (including phenoxy) is 2. The van der Waals surface area contributed by atoms with E-state index in [0.29, 0.717) is 17.1 Å². The quantitative estimate of drug-likeness (QED) is 0.299. The Labute approximate surface area is 213 Å². The van der Waals surface area contributed by atoms with E-state index in [1.165, 1.54) is 63.6 Å². The lowest BCUT2D eigenvalue weighted by atomic mass is 10.2. The first-order valence-electron chi connectivity index (χ1n) is 10.7. The van der Waals surface area contributed by atoms with Gasteiger partial charge in [0.05, 0.1) is 24.8 Å². The second-order valence-electron chi connectivity index (χ2n) is 7.58. The number of rotatable bonds is 10. The van der Waals surface area contributed by atoms with E-state index in [1.807, 2.05) is 0 Å². The average Bonchev–Trinajstić information content (AvgIpc) is 2.87. The lowest BCUT2D eigenvalue weighted by molar-refractivity contribution is -0.387. The van der Waals surface area contributed by atoms with Gasteiger partial charge in [0.2, 0.25) is 11.8 Å². The fraction of sp³-hybridized carbons (Fsp3) is 0.167. The van der Waals surface area contributed by atoms with Crippen LogP contribution in [0.5, 0.6) is 11.5 Å². The summed E-state index contributed by atoms with van der Waals surface area (Å²) in [5, 5.41) is 16.7. The predicted molar refractivity (Wildman–Crippen MR) is 137 cm³/mol. The van der Waals surface area contributed by atoms with Crippen LogP contribution in [0.4, 0.5) is 22.7 Å². The highest BCUT2D eigenvalue weighted by atomic mass is 32.2. The molecule has 0 spiro atoms. The Bertz CT molecular complexity index is 1420. The zero-order valence-corrected chi connectivity index (χ0v) is 20.9. The SMILES string of the molecule is COc1ccc(N(CC(=O)Nc2ccc(NC(C)=O)cc2)S(=O)(=O)c2ccccc2[N+](=O)[O-])c(OC)c1. The number of methoxy groups -OCH3 is 2. The first kappa shape index (κ1) is 26.9. The Morgan fingerprint density at radius 2 is 1.57 bits per heavy atom. The van der Waals surface area contributed by atoms with Crippen LogP contribution in [0, 0.1) is 10.1 Å². The lowest BCUT2D eigenvalue weighted by Crippen LogP contribution is -2.38. The minimum atomic E-state index is -4.63. The molecule has 0 aliphatic rings. The van der Waals surface area contributed by atoms with E-state index < -0.39 is 38.0 Å². The molecule has 0 fully saturated rings. The van der Waals surface area contributed by atoms with Gasteiger partial charge in [0.1, 0.15) is 18.0 Å². The highest BCUT2D eigenvalue weighted by Gasteiger charge is 2.34. The van der Waals surface area contributed by atoms with Gasteiger partial charge in [0.25, 0.3) is 15.7 Å². The standard InChI is InChI=1S/C24H24N4O8S/c1-16(29)25-17-8-10-18(11-9-17)26-24(30)15-27(20-13-12-19(35-2)14-22(20)36-3)37(33,34)23-7-5-4-6-21(23)28(31)32/h4-14H,15H2,1-3H3,(H,25,29)(H,26,30). The molecular formula is C24H24N4O8S. The van der Waals surface area contributed by atoms with Crippen molar-refractivity contribution in [2.45, 2.75) is 11.8 Å². The summed E-state index contributed by atoms with van der Waals surface area (Å²) in [4.78, 5) is 34.4. The number of nitro benzene ring substituents is 1. The monoisotopic (exact) mass is 528 g/mol. The Morgan fingerprint density at radius 1 is 0.946 bits per heavy atom. The topological polar surface area (TPSA) is 157 Å². The summed E-state index contributed by atoms with van der Waals surface area (Å²) in [6.07, 6.45) is 0. The van der Waals surface area contributed by atoms with Gasteiger partial charge < -0.3 is 20.1 Å². The van der Waals surface area contributed by atoms with Gasteiger partial charge in [-0.2, -0.15) is 0 Å². The fourth-order valence-corrected chi connectivity index (χ4v) is 5.00. The summed E-state index contributed by atoms with van der Waals surface area (Å²) in [7, 11) is -1.90. The number of sulfonamides is 1. The van der Waals surface area contributed by atoms with Crippen molar-refractivity contribution in [1.82, 2.24) is 0 Å². The zero-order valence-electron chi connectivity index (χ0n) is 20.1. The maximum absolute atomic E-state index is 13.7. The molecule has 0 aliphatic carbocycles. The number of carbonyl (C=O) groups excluding carboxylic acids is 2. The van der Waals surface area contributed by atoms with Crippen molar-refractivity contribution < 1.29 is 32.4 Å². The number of carbonyl (C=O) groups is 2. The molecule has 0 saturated heterocycles. The van der Waals surface area contributed by atoms with Crippen molar-refractivity contribution in [1.29, 1.82) is 0 Å². The van der Waals surface area contributed by atoms with Gasteiger partial charge in [-0.1, -0.05) is 12.1 Å². The van der Waals surface area contributed by atoms with E-state index in [-0.39, 0.29) is 17.3 Å². The van der Waals surface area contributed by atoms with Gasteiger partial charge in [-0.3, -0.25) is 24.0 Å². The van der Waals surface area contributed by atoms with Crippen molar-refractivity contribution in [3.05, 3.63) is 76.8 Å². The first-order chi connectivity index (χ1) is 17.6. The van der Waals surface area contributed by atoms with Crippen molar-refractivity contribution in [2.24, 2.45) is 0 Å². The van der Waals surface area contributed by atoms with E-state index in [9.17, 15) is 28.1 Å². The number of nitrogens with one attached hydrogen (secondary N) is 2. The van der Waals surface area contributed by atoms with Crippen molar-refractivity contribution in [2.75, 3.05) is 35.7 Å². The molecule has 0 atom stereocenters.